The summed E-state index contributed by atoms with van der Waals surface area (Å²) in [5.74, 6) is 0. The van der Waals surface area contributed by atoms with E-state index in [0.717, 1.165) is 16.3 Å². The molecule has 112 valence electrons. The Kier molecular flexibility index (Phi) is 4.08. The number of sulfonamides is 1. The third-order valence-corrected chi connectivity index (χ3v) is 6.32. The summed E-state index contributed by atoms with van der Waals surface area (Å²) in [4.78, 5) is 4.76. The highest BCUT2D eigenvalue weighted by Crippen LogP contribution is 2.27. The van der Waals surface area contributed by atoms with Crippen LogP contribution in [0.25, 0.3) is 10.6 Å². The van der Waals surface area contributed by atoms with Crippen molar-refractivity contribution in [2.75, 3.05) is 26.2 Å². The van der Waals surface area contributed by atoms with E-state index in [1.165, 1.54) is 15.6 Å². The Hall–Kier alpha value is -1.28. The molecule has 2 aromatic rings. The Balaban J connectivity index is 1.95. The van der Waals surface area contributed by atoms with Crippen molar-refractivity contribution in [2.45, 2.75) is 11.8 Å². The lowest BCUT2D eigenvalue weighted by atomic mass is 10.2. The van der Waals surface area contributed by atoms with Crippen LogP contribution in [0.1, 0.15) is 5.69 Å². The second-order valence-corrected chi connectivity index (χ2v) is 7.77. The van der Waals surface area contributed by atoms with Gasteiger partial charge in [0.15, 0.2) is 0 Å². The normalized spacial score (nSPS) is 17.0. The summed E-state index contributed by atoms with van der Waals surface area (Å²) in [5.41, 5.74) is 1.80. The molecule has 2 heterocycles. The fourth-order valence-electron chi connectivity index (χ4n) is 2.31. The van der Waals surface area contributed by atoms with Crippen LogP contribution < -0.4 is 5.32 Å². The summed E-state index contributed by atoms with van der Waals surface area (Å²) in [6, 6.07) is 7.05. The van der Waals surface area contributed by atoms with E-state index in [2.05, 4.69) is 10.3 Å². The minimum Gasteiger partial charge on any atom is -0.314 e. The van der Waals surface area contributed by atoms with Crippen molar-refractivity contribution in [1.82, 2.24) is 14.6 Å². The zero-order valence-electron chi connectivity index (χ0n) is 11.7. The van der Waals surface area contributed by atoms with Gasteiger partial charge < -0.3 is 5.32 Å². The lowest BCUT2D eigenvalue weighted by Gasteiger charge is -2.26. The Morgan fingerprint density at radius 1 is 1.29 bits per heavy atom. The maximum absolute atomic E-state index is 12.7. The van der Waals surface area contributed by atoms with Gasteiger partial charge in [-0.05, 0) is 19.1 Å². The third kappa shape index (κ3) is 3.01. The number of nitrogens with one attached hydrogen (secondary N) is 1. The van der Waals surface area contributed by atoms with Crippen molar-refractivity contribution in [1.29, 1.82) is 0 Å². The van der Waals surface area contributed by atoms with E-state index in [0.29, 0.717) is 31.1 Å². The summed E-state index contributed by atoms with van der Waals surface area (Å²) in [5, 5.41) is 5.98. The van der Waals surface area contributed by atoms with Gasteiger partial charge >= 0.3 is 0 Å². The maximum Gasteiger partial charge on any atom is 0.243 e. The second-order valence-electron chi connectivity index (χ2n) is 4.98. The molecular formula is C14H17N3O2S2. The molecule has 0 spiro atoms. The Labute approximate surface area is 128 Å². The van der Waals surface area contributed by atoms with Crippen molar-refractivity contribution in [3.8, 4) is 10.6 Å². The Bertz CT molecular complexity index is 734. The lowest BCUT2D eigenvalue weighted by molar-refractivity contribution is 0.360. The topological polar surface area (TPSA) is 62.3 Å². The number of aromatic nitrogens is 1. The molecule has 3 rings (SSSR count). The van der Waals surface area contributed by atoms with Crippen LogP contribution >= 0.6 is 11.3 Å². The van der Waals surface area contributed by atoms with Gasteiger partial charge in [0.05, 0.1) is 4.90 Å². The fourth-order valence-corrected chi connectivity index (χ4v) is 4.59. The quantitative estimate of drug-likeness (QED) is 0.934. The largest absolute Gasteiger partial charge is 0.314 e. The van der Waals surface area contributed by atoms with E-state index < -0.39 is 10.0 Å². The van der Waals surface area contributed by atoms with Crippen LogP contribution in [-0.2, 0) is 10.0 Å². The lowest BCUT2D eigenvalue weighted by Crippen LogP contribution is -2.46. The summed E-state index contributed by atoms with van der Waals surface area (Å²) in [6.45, 7) is 4.36. The zero-order valence-corrected chi connectivity index (χ0v) is 13.4. The fraction of sp³-hybridized carbons (Fsp3) is 0.357. The summed E-state index contributed by atoms with van der Waals surface area (Å²) >= 11 is 1.53. The van der Waals surface area contributed by atoms with Gasteiger partial charge in [-0.25, -0.2) is 13.4 Å². The Morgan fingerprint density at radius 2 is 2.05 bits per heavy atom. The zero-order chi connectivity index (χ0) is 14.9. The number of benzene rings is 1. The molecule has 0 aliphatic carbocycles. The first-order valence-corrected chi connectivity index (χ1v) is 9.13. The average Bonchev–Trinajstić information content (AvgIpc) is 2.95. The molecule has 0 amide bonds. The van der Waals surface area contributed by atoms with E-state index in [-0.39, 0.29) is 0 Å². The van der Waals surface area contributed by atoms with Crippen LogP contribution in [0.4, 0.5) is 0 Å². The van der Waals surface area contributed by atoms with Gasteiger partial charge in [0.1, 0.15) is 5.01 Å². The van der Waals surface area contributed by atoms with Crippen LogP contribution in [0.2, 0.25) is 0 Å². The molecule has 7 heteroatoms. The monoisotopic (exact) mass is 323 g/mol. The van der Waals surface area contributed by atoms with Gasteiger partial charge in [-0.1, -0.05) is 12.1 Å². The van der Waals surface area contributed by atoms with Crippen LogP contribution in [0.15, 0.2) is 34.5 Å². The van der Waals surface area contributed by atoms with Gasteiger partial charge in [-0.15, -0.1) is 11.3 Å². The van der Waals surface area contributed by atoms with Gasteiger partial charge in [0.25, 0.3) is 0 Å². The maximum atomic E-state index is 12.7. The summed E-state index contributed by atoms with van der Waals surface area (Å²) in [7, 11) is -3.42. The minimum absolute atomic E-state index is 0.342. The molecule has 0 atom stereocenters. The number of rotatable bonds is 3. The molecule has 21 heavy (non-hydrogen) atoms. The van der Waals surface area contributed by atoms with Gasteiger partial charge in [0, 0.05) is 42.8 Å². The van der Waals surface area contributed by atoms with Crippen LogP contribution in [0.3, 0.4) is 0 Å². The molecule has 1 aliphatic heterocycles. The SMILES string of the molecule is Cc1csc(-c2cccc(S(=O)(=O)N3CCNCC3)c2)n1. The van der Waals surface area contributed by atoms with Crippen molar-refractivity contribution in [2.24, 2.45) is 0 Å². The first kappa shape index (κ1) is 14.6. The highest BCUT2D eigenvalue weighted by Gasteiger charge is 2.26. The summed E-state index contributed by atoms with van der Waals surface area (Å²) < 4.78 is 26.9. The molecule has 0 unspecified atom stereocenters. The molecule has 1 aromatic carbocycles. The van der Waals surface area contributed by atoms with Crippen LogP contribution in [0, 0.1) is 6.92 Å². The van der Waals surface area contributed by atoms with E-state index in [1.54, 1.807) is 18.2 Å². The van der Waals surface area contributed by atoms with E-state index >= 15 is 0 Å². The number of aryl methyl sites for hydroxylation is 1. The molecule has 1 saturated heterocycles. The minimum atomic E-state index is -3.42. The highest BCUT2D eigenvalue weighted by molar-refractivity contribution is 7.89. The van der Waals surface area contributed by atoms with Crippen molar-refractivity contribution in [3.05, 3.63) is 35.3 Å². The van der Waals surface area contributed by atoms with Crippen molar-refractivity contribution >= 4 is 21.4 Å². The number of thiazole rings is 1. The van der Waals surface area contributed by atoms with Crippen LogP contribution in [0.5, 0.6) is 0 Å². The van der Waals surface area contributed by atoms with E-state index in [1.807, 2.05) is 18.4 Å². The molecule has 0 saturated carbocycles. The standard InChI is InChI=1S/C14H17N3O2S2/c1-11-10-20-14(16-11)12-3-2-4-13(9-12)21(18,19)17-7-5-15-6-8-17/h2-4,9-10,15H,5-8H2,1H3. The summed E-state index contributed by atoms with van der Waals surface area (Å²) in [6.07, 6.45) is 0. The van der Waals surface area contributed by atoms with Gasteiger partial charge in [-0.2, -0.15) is 4.31 Å². The van der Waals surface area contributed by atoms with Crippen LogP contribution in [-0.4, -0.2) is 43.9 Å². The molecule has 0 bridgehead atoms. The molecule has 1 aromatic heterocycles. The predicted molar refractivity (Wildman–Crippen MR) is 83.9 cm³/mol. The van der Waals surface area contributed by atoms with Gasteiger partial charge in [-0.3, -0.25) is 0 Å². The molecule has 1 N–H and O–H groups in total. The number of hydrogen-bond acceptors (Lipinski definition) is 5. The highest BCUT2D eigenvalue weighted by atomic mass is 32.2. The predicted octanol–water partition coefficient (Wildman–Crippen LogP) is 1.71. The molecule has 0 radical (unpaired) electrons. The number of hydrogen-bond donors (Lipinski definition) is 1. The van der Waals surface area contributed by atoms with E-state index in [9.17, 15) is 8.42 Å². The molecule has 5 nitrogen and oxygen atoms in total. The average molecular weight is 323 g/mol. The van der Waals surface area contributed by atoms with Crippen molar-refractivity contribution in [3.63, 3.8) is 0 Å². The molecule has 1 fully saturated rings. The number of nitrogens with zero attached hydrogens (tertiary/aromatic N) is 2. The van der Waals surface area contributed by atoms with E-state index in [4.69, 9.17) is 0 Å². The molecular weight excluding hydrogens is 306 g/mol. The van der Waals surface area contributed by atoms with Gasteiger partial charge in [0.2, 0.25) is 10.0 Å². The molecule has 1 aliphatic rings. The Morgan fingerprint density at radius 3 is 2.71 bits per heavy atom. The third-order valence-electron chi connectivity index (χ3n) is 3.41. The smallest absolute Gasteiger partial charge is 0.243 e. The second kappa shape index (κ2) is 5.84. The van der Waals surface area contributed by atoms with Crippen molar-refractivity contribution < 1.29 is 8.42 Å². The number of piperazine rings is 1. The first-order valence-electron chi connectivity index (χ1n) is 6.81. The first-order chi connectivity index (χ1) is 10.1.